The van der Waals surface area contributed by atoms with Crippen molar-refractivity contribution in [2.75, 3.05) is 25.9 Å². The Morgan fingerprint density at radius 2 is 1.86 bits per heavy atom. The minimum atomic E-state index is -0.964. The van der Waals surface area contributed by atoms with Gasteiger partial charge in [-0.3, -0.25) is 14.4 Å². The minimum absolute atomic E-state index is 0.00907. The van der Waals surface area contributed by atoms with Crippen molar-refractivity contribution in [3.05, 3.63) is 76.9 Å². The number of rotatable bonds is 8. The van der Waals surface area contributed by atoms with Crippen molar-refractivity contribution in [1.29, 1.82) is 0 Å². The molecule has 186 valence electrons. The van der Waals surface area contributed by atoms with Crippen LogP contribution in [0.15, 0.2) is 48.7 Å². The molecule has 36 heavy (non-hydrogen) atoms. The first-order valence-corrected chi connectivity index (χ1v) is 11.1. The fourth-order valence-corrected chi connectivity index (χ4v) is 4.09. The normalized spacial score (nSPS) is 16.9. The summed E-state index contributed by atoms with van der Waals surface area (Å²) in [5.74, 6) is -3.14. The number of phenolic OH excluding ortho intramolecular Hbond substituents is 1. The largest absolute Gasteiger partial charge is 0.507 e. The summed E-state index contributed by atoms with van der Waals surface area (Å²) in [6, 6.07) is 9.32. The van der Waals surface area contributed by atoms with Crippen LogP contribution < -0.4 is 21.1 Å². The number of aromatic nitrogens is 2. The number of halogens is 1. The maximum absolute atomic E-state index is 14.6. The predicted molar refractivity (Wildman–Crippen MR) is 127 cm³/mol. The summed E-state index contributed by atoms with van der Waals surface area (Å²) in [5.41, 5.74) is 5.63. The smallest absolute Gasteiger partial charge is 0.270 e. The lowest BCUT2D eigenvalue weighted by Gasteiger charge is -2.19. The molecule has 2 atom stereocenters. The van der Waals surface area contributed by atoms with Gasteiger partial charge >= 0.3 is 0 Å². The van der Waals surface area contributed by atoms with Crippen molar-refractivity contribution in [1.82, 2.24) is 20.6 Å². The molecule has 1 aromatic heterocycles. The van der Waals surface area contributed by atoms with Gasteiger partial charge in [0.2, 0.25) is 5.95 Å². The number of ketones is 2. The number of phenols is 1. The lowest BCUT2D eigenvalue weighted by atomic mass is 9.93. The summed E-state index contributed by atoms with van der Waals surface area (Å²) in [6.45, 7) is 1.03. The molecule has 0 aliphatic carbocycles. The number of nitrogens with two attached hydrogens (primary N) is 1. The molecule has 2 heterocycles. The molecule has 1 amide bonds. The Morgan fingerprint density at radius 1 is 1.14 bits per heavy atom. The van der Waals surface area contributed by atoms with Gasteiger partial charge in [0, 0.05) is 48.8 Å². The molecule has 1 saturated heterocycles. The van der Waals surface area contributed by atoms with Gasteiger partial charge in [-0.05, 0) is 18.2 Å². The molecular formula is C25H24FN5O5. The summed E-state index contributed by atoms with van der Waals surface area (Å²) in [7, 11) is 1.26. The molecule has 0 bridgehead atoms. The number of hydrogen-bond acceptors (Lipinski definition) is 9. The molecule has 1 aliphatic rings. The number of hydrogen-bond donors (Lipinski definition) is 4. The van der Waals surface area contributed by atoms with E-state index in [1.165, 1.54) is 55.8 Å². The van der Waals surface area contributed by atoms with E-state index in [9.17, 15) is 23.9 Å². The number of nitrogens with one attached hydrogen (secondary N) is 2. The molecule has 3 aromatic rings. The highest BCUT2D eigenvalue weighted by molar-refractivity contribution is 6.11. The highest BCUT2D eigenvalue weighted by Gasteiger charge is 2.31. The number of amides is 1. The molecule has 0 spiro atoms. The number of ether oxygens (including phenoxy) is 1. The third kappa shape index (κ3) is 5.15. The monoisotopic (exact) mass is 493 g/mol. The van der Waals surface area contributed by atoms with E-state index in [0.717, 1.165) is 0 Å². The van der Waals surface area contributed by atoms with Gasteiger partial charge in [0.05, 0.1) is 7.11 Å². The van der Waals surface area contributed by atoms with Gasteiger partial charge in [-0.1, -0.05) is 24.3 Å². The molecular weight excluding hydrogens is 469 g/mol. The number of benzene rings is 2. The van der Waals surface area contributed by atoms with Gasteiger partial charge in [0.15, 0.2) is 23.1 Å². The average Bonchev–Trinajstić information content (AvgIpc) is 3.30. The van der Waals surface area contributed by atoms with Crippen LogP contribution in [-0.2, 0) is 0 Å². The van der Waals surface area contributed by atoms with E-state index in [2.05, 4.69) is 20.6 Å². The molecule has 0 unspecified atom stereocenters. The van der Waals surface area contributed by atoms with E-state index in [1.54, 1.807) is 0 Å². The van der Waals surface area contributed by atoms with Gasteiger partial charge in [-0.25, -0.2) is 14.4 Å². The number of methoxy groups -OCH3 is 1. The van der Waals surface area contributed by atoms with E-state index in [4.69, 9.17) is 10.5 Å². The standard InChI is InChI=1S/C25H24FN5O5/c1-36-20-7-6-18(32)21(22(20)26)23(34)14-4-2-13(3-5-14)19(33)10-15-11-28-12-17(15)30-24(35)16-8-9-29-25(27)31-16/h2-9,15,17,28,32H,10-12H2,1H3,(H,30,35)(H2,27,29,31)/t15-,17-/m1/s1. The van der Waals surface area contributed by atoms with Gasteiger partial charge in [0.1, 0.15) is 17.0 Å². The third-order valence-electron chi connectivity index (χ3n) is 6.01. The van der Waals surface area contributed by atoms with Gasteiger partial charge in [-0.2, -0.15) is 0 Å². The molecule has 11 heteroatoms. The third-order valence-corrected chi connectivity index (χ3v) is 6.01. The zero-order valence-corrected chi connectivity index (χ0v) is 19.3. The highest BCUT2D eigenvalue weighted by atomic mass is 19.1. The quantitative estimate of drug-likeness (QED) is 0.343. The summed E-state index contributed by atoms with van der Waals surface area (Å²) in [5, 5.41) is 16.0. The zero-order valence-electron chi connectivity index (χ0n) is 19.3. The number of aromatic hydroxyl groups is 1. The molecule has 1 aliphatic heterocycles. The Bertz CT molecular complexity index is 1310. The average molecular weight is 493 g/mol. The van der Waals surface area contributed by atoms with Crippen molar-refractivity contribution in [2.24, 2.45) is 5.92 Å². The van der Waals surface area contributed by atoms with E-state index in [0.29, 0.717) is 18.7 Å². The summed E-state index contributed by atoms with van der Waals surface area (Å²) in [6.07, 6.45) is 1.55. The first kappa shape index (κ1) is 24.7. The van der Waals surface area contributed by atoms with Gasteiger partial charge in [-0.15, -0.1) is 0 Å². The SMILES string of the molecule is COc1ccc(O)c(C(=O)c2ccc(C(=O)C[C@@H]3CNC[C@H]3NC(=O)c3ccnc(N)n3)cc2)c1F. The summed E-state index contributed by atoms with van der Waals surface area (Å²) < 4.78 is 19.4. The van der Waals surface area contributed by atoms with Gasteiger partial charge in [0.25, 0.3) is 5.91 Å². The number of carbonyl (C=O) groups is 3. The first-order valence-electron chi connectivity index (χ1n) is 11.1. The van der Waals surface area contributed by atoms with Crippen molar-refractivity contribution in [2.45, 2.75) is 12.5 Å². The predicted octanol–water partition coefficient (Wildman–Crippen LogP) is 1.73. The maximum atomic E-state index is 14.6. The van der Waals surface area contributed by atoms with Gasteiger partial charge < -0.3 is 26.2 Å². The molecule has 5 N–H and O–H groups in total. The Labute approximate surface area is 205 Å². The number of nitrogens with zero attached hydrogens (tertiary/aromatic N) is 2. The fraction of sp³-hybridized carbons (Fsp3) is 0.240. The Balaban J connectivity index is 1.43. The van der Waals surface area contributed by atoms with Crippen LogP contribution in [0.5, 0.6) is 11.5 Å². The van der Waals surface area contributed by atoms with E-state index in [1.807, 2.05) is 0 Å². The van der Waals surface area contributed by atoms with Crippen LogP contribution >= 0.6 is 0 Å². The molecule has 2 aromatic carbocycles. The molecule has 1 fully saturated rings. The summed E-state index contributed by atoms with van der Waals surface area (Å²) >= 11 is 0. The number of anilines is 1. The summed E-state index contributed by atoms with van der Waals surface area (Å²) in [4.78, 5) is 45.9. The van der Waals surface area contributed by atoms with Crippen molar-refractivity contribution in [3.8, 4) is 11.5 Å². The fourth-order valence-electron chi connectivity index (χ4n) is 4.09. The van der Waals surface area contributed by atoms with Crippen LogP contribution in [0, 0.1) is 11.7 Å². The zero-order chi connectivity index (χ0) is 25.8. The number of nitrogen functional groups attached to an aromatic ring is 1. The number of carbonyl (C=O) groups excluding carboxylic acids is 3. The number of Topliss-reactive ketones (excluding diaryl/α,β-unsaturated/α-hetero) is 1. The van der Waals surface area contributed by atoms with Crippen LogP contribution in [0.4, 0.5) is 10.3 Å². The van der Waals surface area contributed by atoms with Crippen molar-refractivity contribution >= 4 is 23.4 Å². The molecule has 0 radical (unpaired) electrons. The van der Waals surface area contributed by atoms with Crippen LogP contribution in [0.2, 0.25) is 0 Å². The second kappa shape index (κ2) is 10.5. The Hall–Kier alpha value is -4.38. The topological polar surface area (TPSA) is 157 Å². The second-order valence-corrected chi connectivity index (χ2v) is 8.31. The lowest BCUT2D eigenvalue weighted by molar-refractivity contribution is 0.0899. The lowest BCUT2D eigenvalue weighted by Crippen LogP contribution is -2.41. The molecule has 4 rings (SSSR count). The minimum Gasteiger partial charge on any atom is -0.507 e. The van der Waals surface area contributed by atoms with Crippen molar-refractivity contribution in [3.63, 3.8) is 0 Å². The van der Waals surface area contributed by atoms with E-state index >= 15 is 0 Å². The Kier molecular flexibility index (Phi) is 7.20. The van der Waals surface area contributed by atoms with Crippen LogP contribution in [0.1, 0.15) is 43.2 Å². The highest BCUT2D eigenvalue weighted by Crippen LogP contribution is 2.30. The van der Waals surface area contributed by atoms with E-state index in [-0.39, 0.29) is 47.1 Å². The van der Waals surface area contributed by atoms with Crippen LogP contribution in [0.3, 0.4) is 0 Å². The van der Waals surface area contributed by atoms with Crippen LogP contribution in [-0.4, -0.2) is 58.8 Å². The second-order valence-electron chi connectivity index (χ2n) is 8.31. The van der Waals surface area contributed by atoms with Crippen LogP contribution in [0.25, 0.3) is 0 Å². The van der Waals surface area contributed by atoms with Crippen molar-refractivity contribution < 1.29 is 28.6 Å². The first-order chi connectivity index (χ1) is 17.3. The molecule has 0 saturated carbocycles. The molecule has 10 nitrogen and oxygen atoms in total. The maximum Gasteiger partial charge on any atom is 0.270 e. The Morgan fingerprint density at radius 3 is 2.56 bits per heavy atom. The van der Waals surface area contributed by atoms with E-state index < -0.39 is 28.8 Å².